The monoisotopic (exact) mass is 310 g/mol. The maximum absolute atomic E-state index is 15.1. The fourth-order valence-corrected chi connectivity index (χ4v) is 4.65. The fraction of sp³-hybridized carbons (Fsp3) is 0.800. The van der Waals surface area contributed by atoms with Crippen LogP contribution in [0.25, 0.3) is 0 Å². The van der Waals surface area contributed by atoms with Crippen LogP contribution < -0.4 is 0 Å². The molecule has 0 saturated heterocycles. The molecule has 0 aromatic heterocycles. The fourth-order valence-electron chi connectivity index (χ4n) is 4.65. The second kappa shape index (κ2) is 7.75. The number of alkyl halides is 2. The van der Waals surface area contributed by atoms with E-state index in [9.17, 15) is 0 Å². The summed E-state index contributed by atoms with van der Waals surface area (Å²) in [6.07, 6.45) is 11.2. The molecule has 0 nitrogen and oxygen atoms in total. The highest BCUT2D eigenvalue weighted by Gasteiger charge is 2.48. The molecule has 0 N–H and O–H groups in total. The van der Waals surface area contributed by atoms with Crippen LogP contribution >= 0.6 is 0 Å². The minimum Gasteiger partial charge on any atom is -0.201 e. The van der Waals surface area contributed by atoms with Crippen LogP contribution in [0.4, 0.5) is 8.78 Å². The molecule has 1 saturated carbocycles. The molecule has 22 heavy (non-hydrogen) atoms. The first-order valence-electron chi connectivity index (χ1n) is 9.28. The average molecular weight is 310 g/mol. The summed E-state index contributed by atoms with van der Waals surface area (Å²) in [6.45, 7) is 8.05. The molecule has 2 aliphatic carbocycles. The highest BCUT2D eigenvalue weighted by molar-refractivity contribution is 5.35. The molecular formula is C20H32F2. The third kappa shape index (κ3) is 3.63. The maximum Gasteiger partial charge on any atom is 0.272 e. The van der Waals surface area contributed by atoms with Gasteiger partial charge in [0.2, 0.25) is 0 Å². The molecule has 1 atom stereocenters. The van der Waals surface area contributed by atoms with E-state index >= 15 is 8.78 Å². The number of hydrogen-bond acceptors (Lipinski definition) is 0. The van der Waals surface area contributed by atoms with Crippen molar-refractivity contribution in [2.75, 3.05) is 0 Å². The van der Waals surface area contributed by atoms with E-state index in [0.717, 1.165) is 50.0 Å². The van der Waals surface area contributed by atoms with Crippen molar-refractivity contribution < 1.29 is 8.78 Å². The van der Waals surface area contributed by atoms with E-state index in [1.807, 2.05) is 6.92 Å². The number of hydrogen-bond donors (Lipinski definition) is 0. The van der Waals surface area contributed by atoms with Gasteiger partial charge in [-0.05, 0) is 62.4 Å². The van der Waals surface area contributed by atoms with Gasteiger partial charge in [-0.15, -0.1) is 0 Å². The Morgan fingerprint density at radius 1 is 1.05 bits per heavy atom. The Morgan fingerprint density at radius 2 is 1.68 bits per heavy atom. The van der Waals surface area contributed by atoms with Crippen molar-refractivity contribution in [3.05, 3.63) is 23.8 Å². The van der Waals surface area contributed by atoms with Crippen LogP contribution in [-0.4, -0.2) is 5.92 Å². The highest BCUT2D eigenvalue weighted by Crippen LogP contribution is 2.51. The standard InChI is InChI=1S/C20H32F2/c1-4-7-15-9-11-17(12-10-15)19-16(6-3)13-14-18(8-5-2)20(19,21)22/h6,15,17-18H,3-5,7-14H2,1-2H3. The molecule has 0 radical (unpaired) electrons. The zero-order valence-electron chi connectivity index (χ0n) is 14.3. The molecule has 2 rings (SSSR count). The Balaban J connectivity index is 2.18. The summed E-state index contributed by atoms with van der Waals surface area (Å²) in [4.78, 5) is 0. The quantitative estimate of drug-likeness (QED) is 0.499. The minimum absolute atomic E-state index is 0.0933. The van der Waals surface area contributed by atoms with E-state index in [4.69, 9.17) is 0 Å². The maximum atomic E-state index is 15.1. The molecule has 1 unspecified atom stereocenters. The lowest BCUT2D eigenvalue weighted by atomic mass is 9.68. The lowest BCUT2D eigenvalue weighted by molar-refractivity contribution is -0.0469. The van der Waals surface area contributed by atoms with Crippen LogP contribution in [0.5, 0.6) is 0 Å². The lowest BCUT2D eigenvalue weighted by Gasteiger charge is -2.40. The molecule has 0 amide bonds. The van der Waals surface area contributed by atoms with Gasteiger partial charge in [-0.2, -0.15) is 0 Å². The van der Waals surface area contributed by atoms with Crippen molar-refractivity contribution in [3.63, 3.8) is 0 Å². The molecule has 0 aromatic carbocycles. The SMILES string of the molecule is C=CC1=C(C2CCC(CCC)CC2)C(F)(F)C(CCC)CC1. The summed E-state index contributed by atoms with van der Waals surface area (Å²) in [5.74, 6) is -2.21. The van der Waals surface area contributed by atoms with Gasteiger partial charge in [0.1, 0.15) is 0 Å². The lowest BCUT2D eigenvalue weighted by Crippen LogP contribution is -2.38. The van der Waals surface area contributed by atoms with Gasteiger partial charge in [-0.3, -0.25) is 0 Å². The summed E-state index contributed by atoms with van der Waals surface area (Å²) < 4.78 is 30.2. The van der Waals surface area contributed by atoms with Crippen molar-refractivity contribution in [2.24, 2.45) is 17.8 Å². The molecule has 0 aliphatic heterocycles. The van der Waals surface area contributed by atoms with Gasteiger partial charge in [0.05, 0.1) is 0 Å². The predicted molar refractivity (Wildman–Crippen MR) is 90.2 cm³/mol. The number of allylic oxidation sites excluding steroid dienone is 3. The van der Waals surface area contributed by atoms with Crippen LogP contribution in [0.3, 0.4) is 0 Å². The summed E-state index contributed by atoms with van der Waals surface area (Å²) in [5, 5.41) is 0. The van der Waals surface area contributed by atoms with E-state index in [1.165, 1.54) is 12.8 Å². The van der Waals surface area contributed by atoms with Crippen LogP contribution in [0, 0.1) is 17.8 Å². The first-order valence-corrected chi connectivity index (χ1v) is 9.28. The van der Waals surface area contributed by atoms with Gasteiger partial charge in [0, 0.05) is 11.5 Å². The Hall–Kier alpha value is -0.660. The summed E-state index contributed by atoms with van der Waals surface area (Å²) in [7, 11) is 0. The Bertz CT molecular complexity index is 400. The Morgan fingerprint density at radius 3 is 2.23 bits per heavy atom. The topological polar surface area (TPSA) is 0 Å². The molecule has 2 heteroatoms. The molecule has 2 aliphatic rings. The van der Waals surface area contributed by atoms with Gasteiger partial charge in [-0.1, -0.05) is 45.8 Å². The van der Waals surface area contributed by atoms with E-state index in [2.05, 4.69) is 13.5 Å². The largest absolute Gasteiger partial charge is 0.272 e. The van der Waals surface area contributed by atoms with Crippen LogP contribution in [0.15, 0.2) is 23.8 Å². The first kappa shape index (κ1) is 17.7. The van der Waals surface area contributed by atoms with Crippen molar-refractivity contribution in [1.82, 2.24) is 0 Å². The third-order valence-electron chi connectivity index (χ3n) is 5.82. The van der Waals surface area contributed by atoms with Crippen molar-refractivity contribution >= 4 is 0 Å². The van der Waals surface area contributed by atoms with Gasteiger partial charge >= 0.3 is 0 Å². The molecule has 0 heterocycles. The van der Waals surface area contributed by atoms with Crippen molar-refractivity contribution in [2.45, 2.75) is 84.0 Å². The summed E-state index contributed by atoms with van der Waals surface area (Å²) in [5.41, 5.74) is 1.33. The third-order valence-corrected chi connectivity index (χ3v) is 5.82. The van der Waals surface area contributed by atoms with E-state index < -0.39 is 11.8 Å². The van der Waals surface area contributed by atoms with E-state index in [-0.39, 0.29) is 5.92 Å². The van der Waals surface area contributed by atoms with Gasteiger partial charge in [-0.25, -0.2) is 8.78 Å². The zero-order chi connectivity index (χ0) is 16.2. The van der Waals surface area contributed by atoms with Crippen LogP contribution in [0.2, 0.25) is 0 Å². The normalized spacial score (nSPS) is 32.1. The predicted octanol–water partition coefficient (Wildman–Crippen LogP) is 6.92. The van der Waals surface area contributed by atoms with Crippen molar-refractivity contribution in [3.8, 4) is 0 Å². The van der Waals surface area contributed by atoms with E-state index in [0.29, 0.717) is 18.4 Å². The zero-order valence-corrected chi connectivity index (χ0v) is 14.3. The summed E-state index contributed by atoms with van der Waals surface area (Å²) in [6, 6.07) is 0. The molecule has 0 aromatic rings. The molecule has 0 bridgehead atoms. The van der Waals surface area contributed by atoms with Crippen LogP contribution in [0.1, 0.15) is 78.1 Å². The smallest absolute Gasteiger partial charge is 0.201 e. The Kier molecular flexibility index (Phi) is 6.23. The second-order valence-corrected chi connectivity index (χ2v) is 7.30. The molecule has 126 valence electrons. The first-order chi connectivity index (χ1) is 10.5. The second-order valence-electron chi connectivity index (χ2n) is 7.30. The van der Waals surface area contributed by atoms with Crippen LogP contribution in [-0.2, 0) is 0 Å². The summed E-state index contributed by atoms with van der Waals surface area (Å²) >= 11 is 0. The van der Waals surface area contributed by atoms with Gasteiger partial charge in [0.25, 0.3) is 5.92 Å². The minimum atomic E-state index is -2.61. The molecule has 0 spiro atoms. The molecule has 1 fully saturated rings. The highest BCUT2D eigenvalue weighted by atomic mass is 19.3. The van der Waals surface area contributed by atoms with Crippen molar-refractivity contribution in [1.29, 1.82) is 0 Å². The van der Waals surface area contributed by atoms with Gasteiger partial charge in [0.15, 0.2) is 0 Å². The number of halogens is 2. The molecular weight excluding hydrogens is 278 g/mol. The van der Waals surface area contributed by atoms with E-state index in [1.54, 1.807) is 6.08 Å². The average Bonchev–Trinajstić information content (AvgIpc) is 2.50. The number of rotatable bonds is 6. The van der Waals surface area contributed by atoms with Gasteiger partial charge < -0.3 is 0 Å². The Labute approximate surface area is 135 Å².